The molecule has 1 saturated heterocycles. The summed E-state index contributed by atoms with van der Waals surface area (Å²) in [4.78, 5) is 12.6. The molecule has 1 atom stereocenters. The molecule has 0 spiro atoms. The summed E-state index contributed by atoms with van der Waals surface area (Å²) in [5.41, 5.74) is 2.56. The third-order valence-corrected chi connectivity index (χ3v) is 6.22. The Bertz CT molecular complexity index is 952. The Morgan fingerprint density at radius 1 is 1.14 bits per heavy atom. The number of hydrogen-bond acceptors (Lipinski definition) is 6. The van der Waals surface area contributed by atoms with Crippen LogP contribution in [0.1, 0.15) is 30.0 Å². The van der Waals surface area contributed by atoms with E-state index in [1.807, 2.05) is 0 Å². The fourth-order valence-electron chi connectivity index (χ4n) is 3.59. The van der Waals surface area contributed by atoms with Crippen LogP contribution in [0, 0.1) is 17.0 Å². The summed E-state index contributed by atoms with van der Waals surface area (Å²) < 4.78 is 23.9. The van der Waals surface area contributed by atoms with Crippen molar-refractivity contribution in [2.24, 2.45) is 0 Å². The second kappa shape index (κ2) is 8.28. The molecule has 0 radical (unpaired) electrons. The van der Waals surface area contributed by atoms with Gasteiger partial charge in [-0.05, 0) is 50.6 Å². The number of benzene rings is 2. The summed E-state index contributed by atoms with van der Waals surface area (Å²) in [6, 6.07) is 12.7. The Balaban J connectivity index is 1.85. The Kier molecular flexibility index (Phi) is 6.00. The third kappa shape index (κ3) is 4.69. The molecule has 0 aromatic heterocycles. The molecule has 1 N–H and O–H groups in total. The minimum atomic E-state index is -3.70. The van der Waals surface area contributed by atoms with E-state index in [1.165, 1.54) is 23.3 Å². The van der Waals surface area contributed by atoms with Crippen molar-refractivity contribution >= 4 is 21.2 Å². The Labute approximate surface area is 165 Å². The lowest BCUT2D eigenvalue weighted by Gasteiger charge is -2.28. The zero-order valence-corrected chi connectivity index (χ0v) is 16.9. The summed E-state index contributed by atoms with van der Waals surface area (Å²) in [7, 11) is -3.70. The average Bonchev–Trinajstić information content (AvgIpc) is 3.17. The molecule has 1 aliphatic rings. The van der Waals surface area contributed by atoms with Crippen LogP contribution in [0.3, 0.4) is 0 Å². The van der Waals surface area contributed by atoms with Crippen LogP contribution in [0.4, 0.5) is 11.4 Å². The second-order valence-electron chi connectivity index (χ2n) is 7.26. The summed E-state index contributed by atoms with van der Waals surface area (Å²) in [5, 5.41) is 14.4. The molecule has 150 valence electrons. The lowest BCUT2D eigenvalue weighted by atomic mass is 10.0. The van der Waals surface area contributed by atoms with Gasteiger partial charge in [0.15, 0.2) is 9.84 Å². The van der Waals surface area contributed by atoms with Crippen molar-refractivity contribution in [1.29, 1.82) is 0 Å². The van der Waals surface area contributed by atoms with E-state index in [2.05, 4.69) is 41.4 Å². The SMILES string of the molecule is Cc1ccc(C(CNc2ccc([N+](=O)[O-])c(S(C)(=O)=O)c2)N2CCCC2)cc1. The van der Waals surface area contributed by atoms with Crippen molar-refractivity contribution in [1.82, 2.24) is 4.90 Å². The number of nitro groups is 1. The molecule has 1 fully saturated rings. The topological polar surface area (TPSA) is 92.5 Å². The molecule has 1 heterocycles. The number of anilines is 1. The molecule has 8 heteroatoms. The first-order chi connectivity index (χ1) is 13.3. The van der Waals surface area contributed by atoms with Gasteiger partial charge < -0.3 is 5.32 Å². The average molecular weight is 404 g/mol. The van der Waals surface area contributed by atoms with Gasteiger partial charge >= 0.3 is 0 Å². The first kappa shape index (κ1) is 20.3. The molecule has 1 unspecified atom stereocenters. The fraction of sp³-hybridized carbons (Fsp3) is 0.400. The van der Waals surface area contributed by atoms with Gasteiger partial charge in [0.1, 0.15) is 4.90 Å². The minimum Gasteiger partial charge on any atom is -0.383 e. The van der Waals surface area contributed by atoms with E-state index in [1.54, 1.807) is 6.07 Å². The predicted octanol–water partition coefficient (Wildman–Crippen LogP) is 3.56. The highest BCUT2D eigenvalue weighted by Gasteiger charge is 2.25. The molecular weight excluding hydrogens is 378 g/mol. The van der Waals surface area contributed by atoms with E-state index >= 15 is 0 Å². The molecule has 0 bridgehead atoms. The van der Waals surface area contributed by atoms with Crippen molar-refractivity contribution in [3.05, 3.63) is 63.7 Å². The van der Waals surface area contributed by atoms with E-state index in [0.717, 1.165) is 32.2 Å². The lowest BCUT2D eigenvalue weighted by Crippen LogP contribution is -2.31. The van der Waals surface area contributed by atoms with Gasteiger partial charge in [0.25, 0.3) is 5.69 Å². The highest BCUT2D eigenvalue weighted by molar-refractivity contribution is 7.90. The lowest BCUT2D eigenvalue weighted by molar-refractivity contribution is -0.387. The fourth-order valence-corrected chi connectivity index (χ4v) is 4.45. The van der Waals surface area contributed by atoms with E-state index in [-0.39, 0.29) is 10.9 Å². The Morgan fingerprint density at radius 3 is 2.36 bits per heavy atom. The molecule has 0 aliphatic carbocycles. The first-order valence-corrected chi connectivity index (χ1v) is 11.2. The van der Waals surface area contributed by atoms with Gasteiger partial charge in [-0.25, -0.2) is 8.42 Å². The molecule has 28 heavy (non-hydrogen) atoms. The van der Waals surface area contributed by atoms with Crippen molar-refractivity contribution in [2.75, 3.05) is 31.2 Å². The van der Waals surface area contributed by atoms with Crippen LogP contribution >= 0.6 is 0 Å². The molecule has 7 nitrogen and oxygen atoms in total. The van der Waals surface area contributed by atoms with Crippen LogP contribution in [-0.2, 0) is 9.84 Å². The normalized spacial score (nSPS) is 16.1. The molecule has 0 amide bonds. The number of nitrogens with zero attached hydrogens (tertiary/aromatic N) is 2. The zero-order valence-electron chi connectivity index (χ0n) is 16.1. The van der Waals surface area contributed by atoms with Crippen LogP contribution in [0.15, 0.2) is 47.4 Å². The molecule has 3 rings (SSSR count). The van der Waals surface area contributed by atoms with E-state index in [0.29, 0.717) is 12.2 Å². The molecular formula is C20H25N3O4S. The number of sulfone groups is 1. The van der Waals surface area contributed by atoms with Crippen molar-refractivity contribution in [3.8, 4) is 0 Å². The maximum Gasteiger partial charge on any atom is 0.288 e. The highest BCUT2D eigenvalue weighted by Crippen LogP contribution is 2.29. The van der Waals surface area contributed by atoms with Gasteiger partial charge in [0, 0.05) is 24.6 Å². The number of rotatable bonds is 7. The van der Waals surface area contributed by atoms with Crippen molar-refractivity contribution in [3.63, 3.8) is 0 Å². The maximum atomic E-state index is 12.0. The van der Waals surface area contributed by atoms with Gasteiger partial charge in [-0.1, -0.05) is 29.8 Å². The van der Waals surface area contributed by atoms with Crippen LogP contribution in [0.5, 0.6) is 0 Å². The molecule has 2 aromatic rings. The van der Waals surface area contributed by atoms with Crippen LogP contribution < -0.4 is 5.32 Å². The number of aryl methyl sites for hydroxylation is 1. The van der Waals surface area contributed by atoms with Crippen molar-refractivity contribution in [2.45, 2.75) is 30.7 Å². The smallest absolute Gasteiger partial charge is 0.288 e. The third-order valence-electron chi connectivity index (χ3n) is 5.10. The highest BCUT2D eigenvalue weighted by atomic mass is 32.2. The second-order valence-corrected chi connectivity index (χ2v) is 9.25. The van der Waals surface area contributed by atoms with Crippen LogP contribution in [0.2, 0.25) is 0 Å². The van der Waals surface area contributed by atoms with Gasteiger partial charge in [0.05, 0.1) is 11.0 Å². The summed E-state index contributed by atoms with van der Waals surface area (Å²) in [6.07, 6.45) is 3.31. The molecule has 0 saturated carbocycles. The van der Waals surface area contributed by atoms with Gasteiger partial charge in [0.2, 0.25) is 0 Å². The number of nitro benzene ring substituents is 1. The summed E-state index contributed by atoms with van der Waals surface area (Å²) in [6.45, 7) is 4.69. The zero-order chi connectivity index (χ0) is 20.3. The monoisotopic (exact) mass is 403 g/mol. The predicted molar refractivity (Wildman–Crippen MR) is 109 cm³/mol. The van der Waals surface area contributed by atoms with Crippen molar-refractivity contribution < 1.29 is 13.3 Å². The summed E-state index contributed by atoms with van der Waals surface area (Å²) in [5.74, 6) is 0. The first-order valence-electron chi connectivity index (χ1n) is 9.28. The van der Waals surface area contributed by atoms with E-state index < -0.39 is 20.4 Å². The maximum absolute atomic E-state index is 12.0. The Hall–Kier alpha value is -2.45. The number of likely N-dealkylation sites (tertiary alicyclic amines) is 1. The summed E-state index contributed by atoms with van der Waals surface area (Å²) >= 11 is 0. The minimum absolute atomic E-state index is 0.153. The number of nitrogens with one attached hydrogen (secondary N) is 1. The molecule has 2 aromatic carbocycles. The standard InChI is InChI=1S/C20H25N3O4S/c1-15-5-7-16(8-6-15)19(22-11-3-4-12-22)14-21-17-9-10-18(23(24)25)20(13-17)28(2,26)27/h5-10,13,19,21H,3-4,11-12,14H2,1-2H3. The van der Waals surface area contributed by atoms with Gasteiger partial charge in [-0.3, -0.25) is 15.0 Å². The Morgan fingerprint density at radius 2 is 1.79 bits per heavy atom. The van der Waals surface area contributed by atoms with Gasteiger partial charge in [-0.15, -0.1) is 0 Å². The largest absolute Gasteiger partial charge is 0.383 e. The van der Waals surface area contributed by atoms with E-state index in [9.17, 15) is 18.5 Å². The van der Waals surface area contributed by atoms with Gasteiger partial charge in [-0.2, -0.15) is 0 Å². The van der Waals surface area contributed by atoms with Crippen LogP contribution in [0.25, 0.3) is 0 Å². The number of hydrogen-bond donors (Lipinski definition) is 1. The van der Waals surface area contributed by atoms with E-state index in [4.69, 9.17) is 0 Å². The quantitative estimate of drug-likeness (QED) is 0.561. The molecule has 1 aliphatic heterocycles. The van der Waals surface area contributed by atoms with Crippen LogP contribution in [-0.4, -0.2) is 44.1 Å².